The lowest BCUT2D eigenvalue weighted by atomic mass is 10.2. The molecule has 3 nitrogen and oxygen atoms in total. The molecule has 0 spiro atoms. The molecule has 1 aromatic heterocycles. The summed E-state index contributed by atoms with van der Waals surface area (Å²) in [5.74, 6) is 0.352. The first-order valence-corrected chi connectivity index (χ1v) is 6.48. The second-order valence-corrected chi connectivity index (χ2v) is 5.43. The molecule has 0 aliphatic heterocycles. The molecule has 0 unspecified atom stereocenters. The first-order chi connectivity index (χ1) is 8.60. The van der Waals surface area contributed by atoms with Crippen LogP contribution in [0.25, 0.3) is 0 Å². The van der Waals surface area contributed by atoms with Crippen LogP contribution in [0.5, 0.6) is 5.75 Å². The minimum Gasteiger partial charge on any atom is -0.495 e. The van der Waals surface area contributed by atoms with Gasteiger partial charge in [-0.3, -0.25) is 0 Å². The number of aromatic nitrogens is 1. The Bertz CT molecular complexity index is 559. The molecule has 0 bridgehead atoms. The number of benzene rings is 1. The molecule has 0 saturated carbocycles. The predicted molar refractivity (Wildman–Crippen MR) is 72.1 cm³/mol. The number of hydrogen-bond acceptors (Lipinski definition) is 4. The summed E-state index contributed by atoms with van der Waals surface area (Å²) >= 11 is 7.13. The van der Waals surface area contributed by atoms with Crippen LogP contribution in [0.3, 0.4) is 0 Å². The van der Waals surface area contributed by atoms with Gasteiger partial charge in [0, 0.05) is 17.1 Å². The molecular formula is C12H12ClFN2OS. The normalized spacial score (nSPS) is 10.4. The maximum Gasteiger partial charge on any atom is 0.183 e. The molecule has 96 valence electrons. The summed E-state index contributed by atoms with van der Waals surface area (Å²) in [5.41, 5.74) is 1.17. The van der Waals surface area contributed by atoms with E-state index in [1.165, 1.54) is 17.4 Å². The largest absolute Gasteiger partial charge is 0.495 e. The molecule has 0 saturated heterocycles. The number of rotatable bonds is 4. The van der Waals surface area contributed by atoms with E-state index in [0.29, 0.717) is 28.0 Å². The Morgan fingerprint density at radius 2 is 2.28 bits per heavy atom. The molecule has 1 aromatic carbocycles. The van der Waals surface area contributed by atoms with Gasteiger partial charge in [0.05, 0.1) is 19.3 Å². The van der Waals surface area contributed by atoms with Gasteiger partial charge in [0.25, 0.3) is 0 Å². The van der Waals surface area contributed by atoms with E-state index < -0.39 is 0 Å². The Hall–Kier alpha value is -1.33. The summed E-state index contributed by atoms with van der Waals surface area (Å²) in [7, 11) is 1.56. The van der Waals surface area contributed by atoms with E-state index >= 15 is 0 Å². The molecule has 0 amide bonds. The second-order valence-electron chi connectivity index (χ2n) is 3.73. The minimum atomic E-state index is -0.263. The standard InChI is InChI=1S/C12H12ClFN2OS/c1-7-3-11(17-2)10(4-9(7)14)15-5-8-6-16-12(13)18-8/h3-4,6,15H,5H2,1-2H3. The Morgan fingerprint density at radius 3 is 2.89 bits per heavy atom. The molecule has 0 aliphatic carbocycles. The molecule has 0 atom stereocenters. The lowest BCUT2D eigenvalue weighted by molar-refractivity contribution is 0.415. The van der Waals surface area contributed by atoms with Crippen LogP contribution in [0.1, 0.15) is 10.4 Å². The third-order valence-electron chi connectivity index (χ3n) is 2.46. The van der Waals surface area contributed by atoms with Crippen molar-refractivity contribution in [3.8, 4) is 5.75 Å². The van der Waals surface area contributed by atoms with Gasteiger partial charge >= 0.3 is 0 Å². The highest BCUT2D eigenvalue weighted by Crippen LogP contribution is 2.28. The first kappa shape index (κ1) is 13.1. The van der Waals surface area contributed by atoms with E-state index in [9.17, 15) is 4.39 Å². The quantitative estimate of drug-likeness (QED) is 0.926. The minimum absolute atomic E-state index is 0.263. The molecule has 6 heteroatoms. The summed E-state index contributed by atoms with van der Waals surface area (Å²) in [5, 5.41) is 3.11. The number of anilines is 1. The van der Waals surface area contributed by atoms with Crippen LogP contribution in [0, 0.1) is 12.7 Å². The predicted octanol–water partition coefficient (Wildman–Crippen LogP) is 3.86. The molecule has 0 fully saturated rings. The SMILES string of the molecule is COc1cc(C)c(F)cc1NCc1cnc(Cl)s1. The molecule has 18 heavy (non-hydrogen) atoms. The van der Waals surface area contributed by atoms with Crippen molar-refractivity contribution in [3.05, 3.63) is 39.1 Å². The van der Waals surface area contributed by atoms with Gasteiger partial charge in [-0.2, -0.15) is 0 Å². The molecular weight excluding hydrogens is 275 g/mol. The topological polar surface area (TPSA) is 34.1 Å². The van der Waals surface area contributed by atoms with Crippen LogP contribution in [-0.2, 0) is 6.54 Å². The number of methoxy groups -OCH3 is 1. The van der Waals surface area contributed by atoms with Gasteiger partial charge in [-0.15, -0.1) is 11.3 Å². The summed E-state index contributed by atoms with van der Waals surface area (Å²) in [6.45, 7) is 2.23. The van der Waals surface area contributed by atoms with Crippen molar-refractivity contribution in [3.63, 3.8) is 0 Å². The van der Waals surface area contributed by atoms with Crippen LogP contribution in [0.15, 0.2) is 18.3 Å². The van der Waals surface area contributed by atoms with Crippen LogP contribution in [0.2, 0.25) is 4.47 Å². The number of ether oxygens (including phenoxy) is 1. The van der Waals surface area contributed by atoms with Crippen molar-refractivity contribution in [2.45, 2.75) is 13.5 Å². The number of nitrogens with one attached hydrogen (secondary N) is 1. The third-order valence-corrected chi connectivity index (χ3v) is 3.57. The van der Waals surface area contributed by atoms with Gasteiger partial charge in [-0.1, -0.05) is 11.6 Å². The van der Waals surface area contributed by atoms with Gasteiger partial charge in [-0.05, 0) is 18.6 Å². The number of thiazole rings is 1. The van der Waals surface area contributed by atoms with Crippen molar-refractivity contribution in [2.75, 3.05) is 12.4 Å². The lowest BCUT2D eigenvalue weighted by Crippen LogP contribution is -2.01. The Kier molecular flexibility index (Phi) is 4.04. The molecule has 2 rings (SSSR count). The van der Waals surface area contributed by atoms with Crippen LogP contribution < -0.4 is 10.1 Å². The van der Waals surface area contributed by atoms with Crippen LogP contribution >= 0.6 is 22.9 Å². The van der Waals surface area contributed by atoms with Crippen molar-refractivity contribution < 1.29 is 9.13 Å². The number of aryl methyl sites for hydroxylation is 1. The van der Waals surface area contributed by atoms with Gasteiger partial charge in [0.15, 0.2) is 4.47 Å². The zero-order valence-electron chi connectivity index (χ0n) is 9.96. The average molecular weight is 287 g/mol. The Balaban J connectivity index is 2.15. The maximum absolute atomic E-state index is 13.5. The van der Waals surface area contributed by atoms with E-state index in [2.05, 4.69) is 10.3 Å². The van der Waals surface area contributed by atoms with Crippen molar-refractivity contribution >= 4 is 28.6 Å². The molecule has 0 radical (unpaired) electrons. The first-order valence-electron chi connectivity index (χ1n) is 5.28. The molecule has 2 aromatic rings. The average Bonchev–Trinajstić information content (AvgIpc) is 2.76. The van der Waals surface area contributed by atoms with Gasteiger partial charge < -0.3 is 10.1 Å². The summed E-state index contributed by atoms with van der Waals surface area (Å²) < 4.78 is 19.2. The fourth-order valence-electron chi connectivity index (χ4n) is 1.51. The maximum atomic E-state index is 13.5. The summed E-state index contributed by atoms with van der Waals surface area (Å²) in [6.07, 6.45) is 1.69. The molecule has 1 N–H and O–H groups in total. The van der Waals surface area contributed by atoms with E-state index in [-0.39, 0.29) is 5.82 Å². The molecule has 0 aliphatic rings. The smallest absolute Gasteiger partial charge is 0.183 e. The van der Waals surface area contributed by atoms with Crippen molar-refractivity contribution in [1.29, 1.82) is 0 Å². The lowest BCUT2D eigenvalue weighted by Gasteiger charge is -2.11. The van der Waals surface area contributed by atoms with E-state index in [0.717, 1.165) is 4.88 Å². The number of nitrogens with zero attached hydrogens (tertiary/aromatic N) is 1. The second kappa shape index (κ2) is 5.54. The third kappa shape index (κ3) is 2.91. The van der Waals surface area contributed by atoms with Crippen LogP contribution in [0.4, 0.5) is 10.1 Å². The summed E-state index contributed by atoms with van der Waals surface area (Å²) in [6, 6.07) is 3.09. The van der Waals surface area contributed by atoms with E-state index in [4.69, 9.17) is 16.3 Å². The van der Waals surface area contributed by atoms with E-state index in [1.54, 1.807) is 26.3 Å². The van der Waals surface area contributed by atoms with Crippen LogP contribution in [-0.4, -0.2) is 12.1 Å². The highest BCUT2D eigenvalue weighted by atomic mass is 35.5. The highest BCUT2D eigenvalue weighted by Gasteiger charge is 2.08. The Labute approximate surface area is 114 Å². The zero-order chi connectivity index (χ0) is 13.1. The van der Waals surface area contributed by atoms with Crippen molar-refractivity contribution in [1.82, 2.24) is 4.98 Å². The van der Waals surface area contributed by atoms with E-state index in [1.807, 2.05) is 0 Å². The fourth-order valence-corrected chi connectivity index (χ4v) is 2.43. The van der Waals surface area contributed by atoms with Crippen molar-refractivity contribution in [2.24, 2.45) is 0 Å². The number of hydrogen-bond donors (Lipinski definition) is 1. The summed E-state index contributed by atoms with van der Waals surface area (Å²) in [4.78, 5) is 4.92. The molecule has 1 heterocycles. The van der Waals surface area contributed by atoms with Gasteiger partial charge in [-0.25, -0.2) is 9.37 Å². The fraction of sp³-hybridized carbons (Fsp3) is 0.250. The van der Waals surface area contributed by atoms with Gasteiger partial charge in [0.2, 0.25) is 0 Å². The monoisotopic (exact) mass is 286 g/mol. The Morgan fingerprint density at radius 1 is 1.50 bits per heavy atom. The number of halogens is 2. The zero-order valence-corrected chi connectivity index (χ0v) is 11.5. The highest BCUT2D eigenvalue weighted by molar-refractivity contribution is 7.15. The van der Waals surface area contributed by atoms with Gasteiger partial charge in [0.1, 0.15) is 11.6 Å².